The van der Waals surface area contributed by atoms with Crippen molar-refractivity contribution in [2.24, 2.45) is 29.6 Å². The number of ether oxygens (including phenoxy) is 6. The van der Waals surface area contributed by atoms with Gasteiger partial charge in [0.05, 0.1) is 30.5 Å². The van der Waals surface area contributed by atoms with Crippen LogP contribution in [-0.2, 0) is 47.6 Å². The second-order valence-electron chi connectivity index (χ2n) is 19.4. The molecule has 14 unspecified atom stereocenters. The van der Waals surface area contributed by atoms with Crippen LogP contribution in [0.4, 0.5) is 0 Å². The monoisotopic (exact) mass is 926 g/mol. The zero-order valence-electron chi connectivity index (χ0n) is 40.4. The van der Waals surface area contributed by atoms with E-state index in [4.69, 9.17) is 28.4 Å². The summed E-state index contributed by atoms with van der Waals surface area (Å²) in [5.41, 5.74) is 1.95. The molecule has 15 heteroatoms. The minimum atomic E-state index is -2.53. The summed E-state index contributed by atoms with van der Waals surface area (Å²) in [5, 5.41) is 33.8. The van der Waals surface area contributed by atoms with Crippen molar-refractivity contribution in [3.8, 4) is 5.75 Å². The van der Waals surface area contributed by atoms with Crippen LogP contribution in [0, 0.1) is 29.6 Å². The lowest BCUT2D eigenvalue weighted by Crippen LogP contribution is -2.64. The van der Waals surface area contributed by atoms with Gasteiger partial charge in [0.25, 0.3) is 11.7 Å². The van der Waals surface area contributed by atoms with Crippen molar-refractivity contribution in [1.29, 1.82) is 0 Å². The number of fused-ring (bicyclic) bond motifs is 3. The number of cyclic esters (lactones) is 1. The number of aromatic hydroxyl groups is 1. The van der Waals surface area contributed by atoms with Crippen LogP contribution in [0.15, 0.2) is 47.6 Å². The standard InChI is InChI=1S/C51H75NO14/c1-10-35-21-29(2)20-30(3)22-44(62-8)47-45(63-9)24-32(5)51(60,66-47)48(57)49(58)52-19-12-11-16-38(52)50(59)65-46(33(6)39(54)27-40(35)55)31(4)23-34-17-18-42(43(25-34)61-7)64-28-41(56)36-14-13-15-37(53)26-36/h13-15,21,23,26,30,32-35,38-39,42-47,53-54,60H,10-12,16-20,22,24-25,27-28H2,1-9H3. The Morgan fingerprint density at radius 1 is 0.924 bits per heavy atom. The smallest absolute Gasteiger partial charge is 0.329 e. The summed E-state index contributed by atoms with van der Waals surface area (Å²) in [5.74, 6) is -8.11. The molecule has 0 aromatic heterocycles. The lowest BCUT2D eigenvalue weighted by Gasteiger charge is -2.47. The third kappa shape index (κ3) is 12.8. The number of piperidine rings is 1. The molecule has 1 saturated carbocycles. The van der Waals surface area contributed by atoms with E-state index in [2.05, 4.69) is 0 Å². The van der Waals surface area contributed by atoms with Gasteiger partial charge in [-0.3, -0.25) is 19.2 Å². The fraction of sp³-hybridized carbons (Fsp3) is 0.706. The number of Topliss-reactive ketones (excluding diaryl/α,β-unsaturated/α-hetero) is 3. The Hall–Kier alpha value is -3.83. The third-order valence-electron chi connectivity index (χ3n) is 14.5. The first-order valence-corrected chi connectivity index (χ1v) is 23.9. The molecule has 15 nitrogen and oxygen atoms in total. The van der Waals surface area contributed by atoms with Crippen LogP contribution in [0.3, 0.4) is 0 Å². The van der Waals surface area contributed by atoms with Gasteiger partial charge in [0.2, 0.25) is 5.79 Å². The molecule has 1 aromatic carbocycles. The second-order valence-corrected chi connectivity index (χ2v) is 19.4. The Bertz CT molecular complexity index is 1910. The number of ketones is 3. The van der Waals surface area contributed by atoms with E-state index < -0.39 is 77.8 Å². The third-order valence-corrected chi connectivity index (χ3v) is 14.5. The van der Waals surface area contributed by atoms with E-state index in [9.17, 15) is 39.3 Å². The molecule has 5 rings (SSSR count). The normalized spacial score (nSPS) is 36.2. The first-order valence-electron chi connectivity index (χ1n) is 23.9. The number of aliphatic hydroxyl groups is 2. The van der Waals surface area contributed by atoms with E-state index in [0.717, 1.165) is 5.57 Å². The van der Waals surface area contributed by atoms with Gasteiger partial charge in [-0.2, -0.15) is 0 Å². The second kappa shape index (κ2) is 23.9. The molecule has 368 valence electrons. The summed E-state index contributed by atoms with van der Waals surface area (Å²) in [4.78, 5) is 71.2. The number of amides is 1. The molecule has 3 aliphatic heterocycles. The number of benzene rings is 1. The molecule has 1 aromatic rings. The molecule has 1 amide bonds. The minimum Gasteiger partial charge on any atom is -0.508 e. The highest BCUT2D eigenvalue weighted by Gasteiger charge is 2.56. The van der Waals surface area contributed by atoms with Gasteiger partial charge in [-0.1, -0.05) is 57.6 Å². The van der Waals surface area contributed by atoms with Crippen LogP contribution >= 0.6 is 0 Å². The number of carbonyl (C=O) groups excluding carboxylic acids is 5. The van der Waals surface area contributed by atoms with E-state index in [1.807, 2.05) is 39.8 Å². The number of nitrogens with zero attached hydrogens (tertiary/aromatic N) is 1. The molecule has 3 fully saturated rings. The number of hydrogen-bond acceptors (Lipinski definition) is 14. The first kappa shape index (κ1) is 53.1. The van der Waals surface area contributed by atoms with Crippen LogP contribution in [0.5, 0.6) is 5.75 Å². The topological polar surface area (TPSA) is 205 Å². The number of aliphatic hydroxyl groups excluding tert-OH is 1. The zero-order chi connectivity index (χ0) is 48.5. The largest absolute Gasteiger partial charge is 0.508 e. The van der Waals surface area contributed by atoms with Gasteiger partial charge in [0.1, 0.15) is 36.4 Å². The van der Waals surface area contributed by atoms with E-state index in [-0.39, 0.29) is 73.8 Å². The van der Waals surface area contributed by atoms with Gasteiger partial charge in [0, 0.05) is 57.6 Å². The van der Waals surface area contributed by atoms with Crippen molar-refractivity contribution >= 4 is 29.2 Å². The Kier molecular flexibility index (Phi) is 19.3. The Morgan fingerprint density at radius 2 is 1.62 bits per heavy atom. The van der Waals surface area contributed by atoms with E-state index in [0.29, 0.717) is 62.5 Å². The highest BCUT2D eigenvalue weighted by Crippen LogP contribution is 2.39. The molecule has 4 aliphatic rings. The quantitative estimate of drug-likeness (QED) is 0.105. The minimum absolute atomic E-state index is 0.0109. The van der Waals surface area contributed by atoms with Crippen LogP contribution in [-0.4, -0.2) is 138 Å². The molecule has 14 atom stereocenters. The Morgan fingerprint density at radius 3 is 2.29 bits per heavy atom. The fourth-order valence-corrected chi connectivity index (χ4v) is 10.5. The average molecular weight is 926 g/mol. The SMILES string of the molecule is CCC1C=C(C)CC(C)CC(OC)C2OC(O)(C(=O)C(=O)N3CCCCC3C(=O)OC(C(C)=CC3CCC(OCC(=O)c4cccc(O)c4)C(OC)C3)C(C)C(O)CC1=O)C(C)CC2OC. The summed E-state index contributed by atoms with van der Waals surface area (Å²) in [7, 11) is 4.63. The van der Waals surface area contributed by atoms with Gasteiger partial charge in [-0.15, -0.1) is 0 Å². The summed E-state index contributed by atoms with van der Waals surface area (Å²) < 4.78 is 36.3. The molecule has 0 spiro atoms. The van der Waals surface area contributed by atoms with Gasteiger partial charge in [0.15, 0.2) is 5.78 Å². The number of phenolic OH excluding ortho intramolecular Hbond substituents is 1. The van der Waals surface area contributed by atoms with Crippen LogP contribution in [0.2, 0.25) is 0 Å². The predicted octanol–water partition coefficient (Wildman–Crippen LogP) is 6.09. The molecule has 2 bridgehead atoms. The van der Waals surface area contributed by atoms with Gasteiger partial charge < -0.3 is 48.6 Å². The van der Waals surface area contributed by atoms with E-state index in [1.165, 1.54) is 31.3 Å². The summed E-state index contributed by atoms with van der Waals surface area (Å²) in [6.07, 6.45) is 3.47. The number of allylic oxidation sites excluding steroid dienone is 3. The zero-order valence-corrected chi connectivity index (χ0v) is 40.4. The lowest BCUT2D eigenvalue weighted by molar-refractivity contribution is -0.302. The van der Waals surface area contributed by atoms with Crippen molar-refractivity contribution in [3.63, 3.8) is 0 Å². The number of esters is 1. The first-order chi connectivity index (χ1) is 31.3. The van der Waals surface area contributed by atoms with Gasteiger partial charge in [-0.05, 0) is 108 Å². The molecular formula is C51H75NO14. The maximum Gasteiger partial charge on any atom is 0.329 e. The number of phenols is 1. The number of hydrogen-bond donors (Lipinski definition) is 3. The van der Waals surface area contributed by atoms with Gasteiger partial charge in [-0.25, -0.2) is 4.79 Å². The van der Waals surface area contributed by atoms with Crippen molar-refractivity contribution < 1.29 is 67.7 Å². The van der Waals surface area contributed by atoms with Crippen molar-refractivity contribution in [3.05, 3.63) is 53.1 Å². The van der Waals surface area contributed by atoms with Crippen LogP contribution in [0.25, 0.3) is 0 Å². The summed E-state index contributed by atoms with van der Waals surface area (Å²) in [6, 6.07) is 4.93. The van der Waals surface area contributed by atoms with Crippen LogP contribution in [0.1, 0.15) is 123 Å². The average Bonchev–Trinajstić information content (AvgIpc) is 3.30. The number of carbonyl (C=O) groups is 5. The molecule has 1 aliphatic carbocycles. The predicted molar refractivity (Wildman–Crippen MR) is 244 cm³/mol. The molecule has 3 heterocycles. The lowest BCUT2D eigenvalue weighted by atomic mass is 9.81. The summed E-state index contributed by atoms with van der Waals surface area (Å²) in [6.45, 7) is 11.0. The number of rotatable bonds is 10. The summed E-state index contributed by atoms with van der Waals surface area (Å²) >= 11 is 0. The highest BCUT2D eigenvalue weighted by molar-refractivity contribution is 6.39. The van der Waals surface area contributed by atoms with Gasteiger partial charge >= 0.3 is 5.97 Å². The molecule has 66 heavy (non-hydrogen) atoms. The molecule has 2 saturated heterocycles. The fourth-order valence-electron chi connectivity index (χ4n) is 10.5. The Balaban J connectivity index is 1.45. The van der Waals surface area contributed by atoms with Crippen molar-refractivity contribution in [2.75, 3.05) is 34.5 Å². The highest BCUT2D eigenvalue weighted by atomic mass is 16.7. The van der Waals surface area contributed by atoms with Crippen molar-refractivity contribution in [2.45, 2.75) is 167 Å². The molecule has 0 radical (unpaired) electrons. The maximum absolute atomic E-state index is 14.5. The van der Waals surface area contributed by atoms with Crippen LogP contribution < -0.4 is 0 Å². The molecule has 3 N–H and O–H groups in total. The molecular weight excluding hydrogens is 851 g/mol. The maximum atomic E-state index is 14.5. The Labute approximate surface area is 390 Å². The van der Waals surface area contributed by atoms with Crippen molar-refractivity contribution in [1.82, 2.24) is 4.90 Å². The number of methoxy groups -OCH3 is 3. The van der Waals surface area contributed by atoms with E-state index in [1.54, 1.807) is 33.1 Å². The van der Waals surface area contributed by atoms with E-state index >= 15 is 0 Å².